The fourth-order valence-corrected chi connectivity index (χ4v) is 2.72. The third kappa shape index (κ3) is 3.03. The predicted molar refractivity (Wildman–Crippen MR) is 72.9 cm³/mol. The summed E-state index contributed by atoms with van der Waals surface area (Å²) >= 11 is 0. The van der Waals surface area contributed by atoms with E-state index in [0.29, 0.717) is 6.04 Å². The number of nitrogens with zero attached hydrogens (tertiary/aromatic N) is 1. The van der Waals surface area contributed by atoms with Crippen molar-refractivity contribution < 1.29 is 9.84 Å². The van der Waals surface area contributed by atoms with Gasteiger partial charge < -0.3 is 9.84 Å². The number of aliphatic hydroxyl groups is 1. The van der Waals surface area contributed by atoms with Crippen LogP contribution in [-0.2, 0) is 6.54 Å². The smallest absolute Gasteiger partial charge is 0.123 e. The molecule has 1 aromatic rings. The summed E-state index contributed by atoms with van der Waals surface area (Å²) in [6, 6.07) is 6.59. The molecule has 1 heterocycles. The third-order valence-electron chi connectivity index (χ3n) is 3.77. The van der Waals surface area contributed by atoms with Gasteiger partial charge in [-0.15, -0.1) is 0 Å². The minimum atomic E-state index is 0.258. The van der Waals surface area contributed by atoms with E-state index < -0.39 is 0 Å². The summed E-state index contributed by atoms with van der Waals surface area (Å²) in [6.07, 6.45) is 3.56. The molecule has 0 aromatic heterocycles. The molecular formula is C15H23NO2. The zero-order valence-corrected chi connectivity index (χ0v) is 11.4. The topological polar surface area (TPSA) is 32.7 Å². The minimum Gasteiger partial charge on any atom is -0.496 e. The quantitative estimate of drug-likeness (QED) is 0.889. The molecule has 1 saturated heterocycles. The molecule has 0 aliphatic carbocycles. The Morgan fingerprint density at radius 2 is 2.22 bits per heavy atom. The van der Waals surface area contributed by atoms with Crippen molar-refractivity contribution in [1.29, 1.82) is 0 Å². The van der Waals surface area contributed by atoms with E-state index in [4.69, 9.17) is 4.74 Å². The van der Waals surface area contributed by atoms with Crippen molar-refractivity contribution in [2.24, 2.45) is 0 Å². The van der Waals surface area contributed by atoms with Crippen molar-refractivity contribution in [3.63, 3.8) is 0 Å². The van der Waals surface area contributed by atoms with Crippen LogP contribution in [0.3, 0.4) is 0 Å². The molecule has 3 heteroatoms. The zero-order chi connectivity index (χ0) is 13.0. The van der Waals surface area contributed by atoms with Gasteiger partial charge in [0.25, 0.3) is 0 Å². The molecule has 0 radical (unpaired) electrons. The second-order valence-corrected chi connectivity index (χ2v) is 5.12. The second-order valence-electron chi connectivity index (χ2n) is 5.12. The highest BCUT2D eigenvalue weighted by molar-refractivity contribution is 5.36. The van der Waals surface area contributed by atoms with Crippen LogP contribution in [0.5, 0.6) is 5.75 Å². The number of likely N-dealkylation sites (tertiary alicyclic amines) is 1. The highest BCUT2D eigenvalue weighted by Crippen LogP contribution is 2.25. The number of hydrogen-bond acceptors (Lipinski definition) is 3. The lowest BCUT2D eigenvalue weighted by molar-refractivity contribution is 0.0834. The predicted octanol–water partition coefficient (Wildman–Crippen LogP) is 2.35. The molecule has 18 heavy (non-hydrogen) atoms. The van der Waals surface area contributed by atoms with E-state index >= 15 is 0 Å². The van der Waals surface area contributed by atoms with Crippen LogP contribution in [0.25, 0.3) is 0 Å². The molecule has 0 spiro atoms. The average molecular weight is 249 g/mol. The molecule has 0 saturated carbocycles. The molecular weight excluding hydrogens is 226 g/mol. The maximum absolute atomic E-state index is 9.45. The van der Waals surface area contributed by atoms with Gasteiger partial charge in [0.15, 0.2) is 0 Å². The molecule has 1 atom stereocenters. The standard InChI is InChI=1S/C15H23NO2/c1-12-6-7-15(18-2)13(9-12)10-16-8-4-3-5-14(16)11-17/h6-7,9,14,17H,3-5,8,10-11H2,1-2H3. The SMILES string of the molecule is COc1ccc(C)cc1CN1CCCCC1CO. The van der Waals surface area contributed by atoms with Crippen molar-refractivity contribution in [3.05, 3.63) is 29.3 Å². The average Bonchev–Trinajstić information content (AvgIpc) is 2.40. The summed E-state index contributed by atoms with van der Waals surface area (Å²) in [6.45, 7) is 4.30. The Labute approximate surface area is 109 Å². The van der Waals surface area contributed by atoms with E-state index in [-0.39, 0.29) is 6.61 Å². The minimum absolute atomic E-state index is 0.258. The van der Waals surface area contributed by atoms with Crippen LogP contribution in [0.2, 0.25) is 0 Å². The Morgan fingerprint density at radius 1 is 1.39 bits per heavy atom. The van der Waals surface area contributed by atoms with Gasteiger partial charge in [0, 0.05) is 18.2 Å². The Hall–Kier alpha value is -1.06. The summed E-state index contributed by atoms with van der Waals surface area (Å²) in [4.78, 5) is 2.38. The molecule has 3 nitrogen and oxygen atoms in total. The molecule has 2 rings (SSSR count). The third-order valence-corrected chi connectivity index (χ3v) is 3.77. The first-order chi connectivity index (χ1) is 8.74. The first-order valence-corrected chi connectivity index (χ1v) is 6.73. The molecule has 1 N–H and O–H groups in total. The van der Waals surface area contributed by atoms with Gasteiger partial charge in [-0.3, -0.25) is 4.90 Å². The van der Waals surface area contributed by atoms with Gasteiger partial charge in [0.2, 0.25) is 0 Å². The molecule has 1 unspecified atom stereocenters. The second kappa shape index (κ2) is 6.21. The van der Waals surface area contributed by atoms with E-state index in [1.807, 2.05) is 6.07 Å². The maximum atomic E-state index is 9.45. The van der Waals surface area contributed by atoms with Crippen LogP contribution in [0, 0.1) is 6.92 Å². The highest BCUT2D eigenvalue weighted by atomic mass is 16.5. The van der Waals surface area contributed by atoms with Gasteiger partial charge in [-0.05, 0) is 32.4 Å². The number of hydrogen-bond donors (Lipinski definition) is 1. The van der Waals surface area contributed by atoms with Crippen LogP contribution < -0.4 is 4.74 Å². The zero-order valence-electron chi connectivity index (χ0n) is 11.4. The normalized spacial score (nSPS) is 20.9. The molecule has 100 valence electrons. The van der Waals surface area contributed by atoms with Crippen molar-refractivity contribution in [3.8, 4) is 5.75 Å². The van der Waals surface area contributed by atoms with Crippen LogP contribution in [-0.4, -0.2) is 36.3 Å². The maximum Gasteiger partial charge on any atom is 0.123 e. The van der Waals surface area contributed by atoms with Gasteiger partial charge in [-0.1, -0.05) is 24.1 Å². The Balaban J connectivity index is 2.14. The first-order valence-electron chi connectivity index (χ1n) is 6.73. The Kier molecular flexibility index (Phi) is 4.61. The largest absolute Gasteiger partial charge is 0.496 e. The molecule has 1 aliphatic heterocycles. The number of aryl methyl sites for hydroxylation is 1. The number of methoxy groups -OCH3 is 1. The van der Waals surface area contributed by atoms with Crippen LogP contribution >= 0.6 is 0 Å². The fourth-order valence-electron chi connectivity index (χ4n) is 2.72. The number of aliphatic hydroxyl groups excluding tert-OH is 1. The van der Waals surface area contributed by atoms with Gasteiger partial charge in [0.1, 0.15) is 5.75 Å². The lowest BCUT2D eigenvalue weighted by Crippen LogP contribution is -2.41. The van der Waals surface area contributed by atoms with E-state index in [9.17, 15) is 5.11 Å². The van der Waals surface area contributed by atoms with E-state index in [0.717, 1.165) is 25.3 Å². The van der Waals surface area contributed by atoms with E-state index in [1.165, 1.54) is 24.0 Å². The number of rotatable bonds is 4. The first kappa shape index (κ1) is 13.4. The number of ether oxygens (including phenoxy) is 1. The molecule has 1 aromatic carbocycles. The lowest BCUT2D eigenvalue weighted by Gasteiger charge is -2.34. The van der Waals surface area contributed by atoms with Crippen molar-refractivity contribution in [2.45, 2.75) is 38.8 Å². The summed E-state index contributed by atoms with van der Waals surface area (Å²) in [7, 11) is 1.72. The van der Waals surface area contributed by atoms with Gasteiger partial charge in [-0.2, -0.15) is 0 Å². The number of benzene rings is 1. The van der Waals surface area contributed by atoms with E-state index in [1.54, 1.807) is 7.11 Å². The van der Waals surface area contributed by atoms with Crippen molar-refractivity contribution in [1.82, 2.24) is 4.90 Å². The van der Waals surface area contributed by atoms with E-state index in [2.05, 4.69) is 24.0 Å². The van der Waals surface area contributed by atoms with Crippen molar-refractivity contribution >= 4 is 0 Å². The Bertz CT molecular complexity index is 392. The summed E-state index contributed by atoms with van der Waals surface area (Å²) < 4.78 is 5.42. The highest BCUT2D eigenvalue weighted by Gasteiger charge is 2.22. The Morgan fingerprint density at radius 3 is 2.94 bits per heavy atom. The summed E-state index contributed by atoms with van der Waals surface area (Å²) in [5.74, 6) is 0.947. The summed E-state index contributed by atoms with van der Waals surface area (Å²) in [5.41, 5.74) is 2.47. The monoisotopic (exact) mass is 249 g/mol. The van der Waals surface area contributed by atoms with Crippen molar-refractivity contribution in [2.75, 3.05) is 20.3 Å². The molecule has 0 amide bonds. The lowest BCUT2D eigenvalue weighted by atomic mass is 10.0. The molecule has 1 aliphatic rings. The van der Waals surface area contributed by atoms with Gasteiger partial charge in [-0.25, -0.2) is 0 Å². The summed E-state index contributed by atoms with van der Waals surface area (Å²) in [5, 5.41) is 9.45. The van der Waals surface area contributed by atoms with Gasteiger partial charge in [0.05, 0.1) is 13.7 Å². The van der Waals surface area contributed by atoms with Crippen LogP contribution in [0.1, 0.15) is 30.4 Å². The number of piperidine rings is 1. The molecule has 0 bridgehead atoms. The van der Waals surface area contributed by atoms with Crippen LogP contribution in [0.15, 0.2) is 18.2 Å². The molecule has 1 fully saturated rings. The van der Waals surface area contributed by atoms with Crippen LogP contribution in [0.4, 0.5) is 0 Å². The fraction of sp³-hybridized carbons (Fsp3) is 0.600. The van der Waals surface area contributed by atoms with Gasteiger partial charge >= 0.3 is 0 Å².